The standard InChI is InChI=1S/C14H18F2N2O3S.C2HF3O2/c15-14(16)7-8-17-10-12(14)18-13(19)6-9-22(20,21)11-4-2-1-3-5-11;3-2(4,5)1(6)7/h1-5,12,17H,6-10H2,(H,18,19);(H,6,7)/t12-;/m1./s1. The summed E-state index contributed by atoms with van der Waals surface area (Å²) in [6.07, 6.45) is -5.77. The van der Waals surface area contributed by atoms with Gasteiger partial charge in [-0.15, -0.1) is 0 Å². The molecule has 2 rings (SSSR count). The first-order valence-electron chi connectivity index (χ1n) is 8.21. The molecule has 0 aliphatic carbocycles. The average molecular weight is 446 g/mol. The Bertz CT molecular complexity index is 800. The van der Waals surface area contributed by atoms with E-state index in [0.29, 0.717) is 0 Å². The molecule has 1 amide bonds. The van der Waals surface area contributed by atoms with Gasteiger partial charge in [0.15, 0.2) is 9.84 Å². The van der Waals surface area contributed by atoms with Gasteiger partial charge in [-0.3, -0.25) is 4.79 Å². The van der Waals surface area contributed by atoms with Gasteiger partial charge in [0, 0.05) is 25.9 Å². The number of carbonyl (C=O) groups is 2. The molecule has 1 aliphatic rings. The van der Waals surface area contributed by atoms with E-state index in [9.17, 15) is 35.2 Å². The lowest BCUT2D eigenvalue weighted by Crippen LogP contribution is -2.57. The van der Waals surface area contributed by atoms with Crippen molar-refractivity contribution in [3.63, 3.8) is 0 Å². The maximum atomic E-state index is 13.6. The van der Waals surface area contributed by atoms with E-state index in [2.05, 4.69) is 10.6 Å². The normalized spacial score (nSPS) is 18.9. The second kappa shape index (κ2) is 9.96. The van der Waals surface area contributed by atoms with Gasteiger partial charge in [0.2, 0.25) is 5.91 Å². The van der Waals surface area contributed by atoms with E-state index in [1.807, 2.05) is 0 Å². The van der Waals surface area contributed by atoms with Crippen molar-refractivity contribution in [1.82, 2.24) is 10.6 Å². The van der Waals surface area contributed by atoms with E-state index in [1.54, 1.807) is 18.2 Å². The van der Waals surface area contributed by atoms with E-state index in [1.165, 1.54) is 12.1 Å². The zero-order chi connectivity index (χ0) is 22.3. The molecule has 0 unspecified atom stereocenters. The summed E-state index contributed by atoms with van der Waals surface area (Å²) in [5, 5.41) is 12.1. The molecule has 164 valence electrons. The number of hydrogen-bond acceptors (Lipinski definition) is 5. The molecule has 1 aliphatic heterocycles. The Morgan fingerprint density at radius 1 is 1.21 bits per heavy atom. The molecule has 0 bridgehead atoms. The zero-order valence-electron chi connectivity index (χ0n) is 14.9. The van der Waals surface area contributed by atoms with E-state index in [4.69, 9.17) is 9.90 Å². The molecule has 1 fully saturated rings. The molecule has 1 heterocycles. The number of carboxylic acid groups (broad SMARTS) is 1. The second-order valence-electron chi connectivity index (χ2n) is 6.02. The predicted octanol–water partition coefficient (Wildman–Crippen LogP) is 1.60. The summed E-state index contributed by atoms with van der Waals surface area (Å²) in [5.41, 5.74) is 0. The van der Waals surface area contributed by atoms with E-state index in [0.717, 1.165) is 0 Å². The summed E-state index contributed by atoms with van der Waals surface area (Å²) in [6.45, 7) is 0.173. The molecule has 0 aromatic heterocycles. The van der Waals surface area contributed by atoms with Crippen molar-refractivity contribution >= 4 is 21.7 Å². The van der Waals surface area contributed by atoms with Crippen molar-refractivity contribution in [1.29, 1.82) is 0 Å². The molecule has 1 aromatic rings. The lowest BCUT2D eigenvalue weighted by atomic mass is 10.0. The van der Waals surface area contributed by atoms with Crippen LogP contribution in [0.15, 0.2) is 35.2 Å². The monoisotopic (exact) mass is 446 g/mol. The third-order valence-corrected chi connectivity index (χ3v) is 5.50. The Kier molecular flexibility index (Phi) is 8.50. The van der Waals surface area contributed by atoms with Gasteiger partial charge in [0.05, 0.1) is 10.6 Å². The van der Waals surface area contributed by atoms with Crippen molar-refractivity contribution in [2.45, 2.75) is 35.9 Å². The summed E-state index contributed by atoms with van der Waals surface area (Å²) in [4.78, 5) is 20.8. The lowest BCUT2D eigenvalue weighted by Gasteiger charge is -2.32. The van der Waals surface area contributed by atoms with E-state index >= 15 is 0 Å². The molecule has 3 N–H and O–H groups in total. The van der Waals surface area contributed by atoms with Crippen molar-refractivity contribution in [3.05, 3.63) is 30.3 Å². The fourth-order valence-corrected chi connectivity index (χ4v) is 3.48. The summed E-state index contributed by atoms with van der Waals surface area (Å²) in [6, 6.07) is 6.43. The van der Waals surface area contributed by atoms with Crippen LogP contribution in [0.25, 0.3) is 0 Å². The van der Waals surface area contributed by atoms with Crippen molar-refractivity contribution < 1.29 is 45.1 Å². The zero-order valence-corrected chi connectivity index (χ0v) is 15.7. The number of sulfone groups is 1. The molecule has 7 nitrogen and oxygen atoms in total. The number of halogens is 5. The number of alkyl halides is 5. The maximum absolute atomic E-state index is 13.6. The summed E-state index contributed by atoms with van der Waals surface area (Å²) in [7, 11) is -3.59. The number of nitrogens with one attached hydrogen (secondary N) is 2. The molecule has 0 spiro atoms. The SMILES string of the molecule is O=C(CCS(=O)(=O)c1ccccc1)N[C@@H]1CNCCC1(F)F.O=C(O)C(F)(F)F. The number of piperidine rings is 1. The molecular formula is C16H19F5N2O5S. The van der Waals surface area contributed by atoms with Crippen LogP contribution in [-0.2, 0) is 19.4 Å². The van der Waals surface area contributed by atoms with Gasteiger partial charge in [-0.1, -0.05) is 18.2 Å². The highest BCUT2D eigenvalue weighted by molar-refractivity contribution is 7.91. The van der Waals surface area contributed by atoms with Crippen LogP contribution in [0.3, 0.4) is 0 Å². The van der Waals surface area contributed by atoms with Crippen LogP contribution in [-0.4, -0.2) is 62.4 Å². The fourth-order valence-electron chi connectivity index (χ4n) is 2.22. The highest BCUT2D eigenvalue weighted by atomic mass is 32.2. The predicted molar refractivity (Wildman–Crippen MR) is 91.2 cm³/mol. The summed E-state index contributed by atoms with van der Waals surface area (Å²) >= 11 is 0. The highest BCUT2D eigenvalue weighted by Crippen LogP contribution is 2.25. The fraction of sp³-hybridized carbons (Fsp3) is 0.500. The van der Waals surface area contributed by atoms with Crippen molar-refractivity contribution in [2.24, 2.45) is 0 Å². The Morgan fingerprint density at radius 3 is 2.24 bits per heavy atom. The minimum atomic E-state index is -5.08. The van der Waals surface area contributed by atoms with Crippen LogP contribution >= 0.6 is 0 Å². The molecule has 1 aromatic carbocycles. The Morgan fingerprint density at radius 2 is 1.76 bits per heavy atom. The first-order valence-corrected chi connectivity index (χ1v) is 9.87. The minimum Gasteiger partial charge on any atom is -0.475 e. The molecule has 1 saturated heterocycles. The number of benzene rings is 1. The molecular weight excluding hydrogens is 427 g/mol. The summed E-state index contributed by atoms with van der Waals surface area (Å²) in [5.74, 6) is -6.83. The number of carbonyl (C=O) groups excluding carboxylic acids is 1. The van der Waals surface area contributed by atoms with Crippen LogP contribution in [0.5, 0.6) is 0 Å². The molecule has 29 heavy (non-hydrogen) atoms. The number of aliphatic carboxylic acids is 1. The maximum Gasteiger partial charge on any atom is 0.490 e. The molecule has 13 heteroatoms. The van der Waals surface area contributed by atoms with E-state index in [-0.39, 0.29) is 30.8 Å². The highest BCUT2D eigenvalue weighted by Gasteiger charge is 2.42. The quantitative estimate of drug-likeness (QED) is 0.593. The lowest BCUT2D eigenvalue weighted by molar-refractivity contribution is -0.192. The Hall–Kier alpha value is -2.28. The third-order valence-electron chi connectivity index (χ3n) is 3.77. The van der Waals surface area contributed by atoms with Crippen LogP contribution in [0, 0.1) is 0 Å². The number of hydrogen-bond donors (Lipinski definition) is 3. The van der Waals surface area contributed by atoms with Crippen LogP contribution in [0.2, 0.25) is 0 Å². The van der Waals surface area contributed by atoms with Gasteiger partial charge < -0.3 is 15.7 Å². The van der Waals surface area contributed by atoms with Crippen LogP contribution < -0.4 is 10.6 Å². The van der Waals surface area contributed by atoms with Gasteiger partial charge in [-0.25, -0.2) is 22.0 Å². The number of rotatable bonds is 5. The first kappa shape index (κ1) is 24.8. The van der Waals surface area contributed by atoms with E-state index < -0.39 is 45.6 Å². The number of carboxylic acids is 1. The first-order chi connectivity index (χ1) is 13.3. The Labute approximate surface area is 163 Å². The second-order valence-corrected chi connectivity index (χ2v) is 8.13. The molecule has 0 saturated carbocycles. The van der Waals surface area contributed by atoms with Crippen LogP contribution in [0.1, 0.15) is 12.8 Å². The van der Waals surface area contributed by atoms with Gasteiger partial charge in [-0.2, -0.15) is 13.2 Å². The topological polar surface area (TPSA) is 113 Å². The van der Waals surface area contributed by atoms with Gasteiger partial charge in [-0.05, 0) is 12.1 Å². The van der Waals surface area contributed by atoms with Crippen molar-refractivity contribution in [3.8, 4) is 0 Å². The Balaban J connectivity index is 0.000000516. The minimum absolute atomic E-state index is 0.0236. The number of amides is 1. The largest absolute Gasteiger partial charge is 0.490 e. The van der Waals surface area contributed by atoms with Gasteiger partial charge in [0.1, 0.15) is 6.04 Å². The van der Waals surface area contributed by atoms with Crippen molar-refractivity contribution in [2.75, 3.05) is 18.8 Å². The van der Waals surface area contributed by atoms with Gasteiger partial charge >= 0.3 is 12.1 Å². The third kappa shape index (κ3) is 8.31. The smallest absolute Gasteiger partial charge is 0.475 e. The van der Waals surface area contributed by atoms with Crippen LogP contribution in [0.4, 0.5) is 22.0 Å². The molecule has 0 radical (unpaired) electrons. The summed E-state index contributed by atoms with van der Waals surface area (Å²) < 4.78 is 83.0. The van der Waals surface area contributed by atoms with Gasteiger partial charge in [0.25, 0.3) is 5.92 Å². The average Bonchev–Trinajstić information content (AvgIpc) is 2.62. The molecule has 1 atom stereocenters.